The van der Waals surface area contributed by atoms with E-state index in [1.165, 1.54) is 0 Å². The lowest BCUT2D eigenvalue weighted by molar-refractivity contribution is 0.415. The van der Waals surface area contributed by atoms with E-state index in [4.69, 9.17) is 4.74 Å². The average molecular weight is 397 g/mol. The van der Waals surface area contributed by atoms with E-state index in [1.54, 1.807) is 13.2 Å². The second-order valence-electron chi connectivity index (χ2n) is 5.70. The lowest BCUT2D eigenvalue weighted by atomic mass is 9.89. The zero-order chi connectivity index (χ0) is 17.6. The molecule has 126 valence electrons. The van der Waals surface area contributed by atoms with Gasteiger partial charge < -0.3 is 4.74 Å². The Morgan fingerprint density at radius 1 is 0.880 bits per heavy atom. The van der Waals surface area contributed by atoms with Crippen molar-refractivity contribution in [2.75, 3.05) is 7.11 Å². The first-order valence-electron chi connectivity index (χ1n) is 7.99. The Hall–Kier alpha value is -2.39. The van der Waals surface area contributed by atoms with Gasteiger partial charge in [-0.05, 0) is 47.0 Å². The molecule has 1 nitrogen and oxygen atoms in total. The smallest absolute Gasteiger partial charge is 0.118 e. The molecule has 0 bridgehead atoms. The van der Waals surface area contributed by atoms with Gasteiger partial charge in [-0.3, -0.25) is 0 Å². The molecule has 3 aromatic rings. The van der Waals surface area contributed by atoms with Crippen LogP contribution in [-0.4, -0.2) is 7.11 Å². The summed E-state index contributed by atoms with van der Waals surface area (Å²) >= 11 is 3.43. The average Bonchev–Trinajstić information content (AvgIpc) is 2.65. The van der Waals surface area contributed by atoms with Crippen molar-refractivity contribution >= 4 is 22.0 Å². The molecule has 25 heavy (non-hydrogen) atoms. The quantitative estimate of drug-likeness (QED) is 0.471. The van der Waals surface area contributed by atoms with E-state index < -0.39 is 5.92 Å². The normalized spacial score (nSPS) is 12.7. The van der Waals surface area contributed by atoms with Crippen LogP contribution in [0.5, 0.6) is 5.75 Å². The van der Waals surface area contributed by atoms with E-state index in [2.05, 4.69) is 15.9 Å². The van der Waals surface area contributed by atoms with Crippen LogP contribution in [0.2, 0.25) is 0 Å². The van der Waals surface area contributed by atoms with Crippen molar-refractivity contribution in [3.63, 3.8) is 0 Å². The molecule has 0 amide bonds. The van der Waals surface area contributed by atoms with E-state index in [-0.39, 0.29) is 5.83 Å². The second-order valence-corrected chi connectivity index (χ2v) is 6.61. The van der Waals surface area contributed by atoms with E-state index >= 15 is 4.39 Å². The van der Waals surface area contributed by atoms with E-state index in [0.717, 1.165) is 26.9 Å². The molecular weight excluding hydrogens is 379 g/mol. The SMILES string of the molecule is COc1ccc(/C=C(\F)C(c2ccccc2)c2ccc(Br)cc2)cc1. The van der Waals surface area contributed by atoms with Crippen LogP contribution in [-0.2, 0) is 0 Å². The number of ether oxygens (including phenoxy) is 1. The molecule has 3 heteroatoms. The van der Waals surface area contributed by atoms with Crippen molar-refractivity contribution in [1.29, 1.82) is 0 Å². The first-order chi connectivity index (χ1) is 12.2. The van der Waals surface area contributed by atoms with Crippen molar-refractivity contribution < 1.29 is 9.13 Å². The minimum atomic E-state index is -0.434. The fraction of sp³-hybridized carbons (Fsp3) is 0.0909. The number of methoxy groups -OCH3 is 1. The van der Waals surface area contributed by atoms with Crippen LogP contribution < -0.4 is 4.74 Å². The predicted octanol–water partition coefficient (Wildman–Crippen LogP) is 6.60. The monoisotopic (exact) mass is 396 g/mol. The Balaban J connectivity index is 2.00. The zero-order valence-electron chi connectivity index (χ0n) is 13.8. The molecule has 0 radical (unpaired) electrons. The second kappa shape index (κ2) is 8.13. The molecule has 0 aliphatic carbocycles. The Morgan fingerprint density at radius 2 is 1.48 bits per heavy atom. The third-order valence-electron chi connectivity index (χ3n) is 4.03. The molecular formula is C22H18BrFO. The van der Waals surface area contributed by atoms with Crippen LogP contribution in [0.25, 0.3) is 6.08 Å². The summed E-state index contributed by atoms with van der Waals surface area (Å²) in [7, 11) is 1.62. The van der Waals surface area contributed by atoms with Crippen molar-refractivity contribution in [2.45, 2.75) is 5.92 Å². The highest BCUT2D eigenvalue weighted by atomic mass is 79.9. The first-order valence-corrected chi connectivity index (χ1v) is 8.78. The Labute approximate surface area is 155 Å². The minimum Gasteiger partial charge on any atom is -0.497 e. The van der Waals surface area contributed by atoms with Gasteiger partial charge >= 0.3 is 0 Å². The zero-order valence-corrected chi connectivity index (χ0v) is 15.4. The fourth-order valence-corrected chi connectivity index (χ4v) is 3.02. The molecule has 3 rings (SSSR count). The topological polar surface area (TPSA) is 9.23 Å². The summed E-state index contributed by atoms with van der Waals surface area (Å²) < 4.78 is 21.4. The van der Waals surface area contributed by atoms with Crippen LogP contribution in [0.4, 0.5) is 4.39 Å². The van der Waals surface area contributed by atoms with Crippen LogP contribution in [0.1, 0.15) is 22.6 Å². The van der Waals surface area contributed by atoms with Crippen molar-refractivity contribution in [1.82, 2.24) is 0 Å². The number of hydrogen-bond donors (Lipinski definition) is 0. The standard InChI is InChI=1S/C22H18BrFO/c1-25-20-13-7-16(8-14-20)15-21(24)22(17-5-3-2-4-6-17)18-9-11-19(23)12-10-18/h2-15,22H,1H3/b21-15-. The Kier molecular flexibility index (Phi) is 5.67. The van der Waals surface area contributed by atoms with Crippen LogP contribution in [0.3, 0.4) is 0 Å². The molecule has 0 aromatic heterocycles. The first kappa shape index (κ1) is 17.4. The van der Waals surface area contributed by atoms with Crippen LogP contribution in [0, 0.1) is 0 Å². The summed E-state index contributed by atoms with van der Waals surface area (Å²) in [6, 6.07) is 24.8. The maximum absolute atomic E-state index is 15.2. The maximum atomic E-state index is 15.2. The molecule has 0 saturated heterocycles. The summed E-state index contributed by atoms with van der Waals surface area (Å²) in [5, 5.41) is 0. The molecule has 0 aliphatic heterocycles. The van der Waals surface area contributed by atoms with Crippen LogP contribution >= 0.6 is 15.9 Å². The van der Waals surface area contributed by atoms with Gasteiger partial charge in [-0.25, -0.2) is 4.39 Å². The van der Waals surface area contributed by atoms with Gasteiger partial charge in [0.25, 0.3) is 0 Å². The summed E-state index contributed by atoms with van der Waals surface area (Å²) in [4.78, 5) is 0. The van der Waals surface area contributed by atoms with Gasteiger partial charge in [-0.1, -0.05) is 70.5 Å². The third-order valence-corrected chi connectivity index (χ3v) is 4.56. The lowest BCUT2D eigenvalue weighted by Crippen LogP contribution is -2.02. The van der Waals surface area contributed by atoms with Crippen molar-refractivity contribution in [2.24, 2.45) is 0 Å². The number of hydrogen-bond acceptors (Lipinski definition) is 1. The van der Waals surface area contributed by atoms with E-state index in [9.17, 15) is 0 Å². The van der Waals surface area contributed by atoms with Gasteiger partial charge in [0.15, 0.2) is 0 Å². The number of allylic oxidation sites excluding steroid dienone is 1. The molecule has 0 spiro atoms. The highest BCUT2D eigenvalue weighted by Crippen LogP contribution is 2.34. The predicted molar refractivity (Wildman–Crippen MR) is 105 cm³/mol. The number of halogens is 2. The van der Waals surface area contributed by atoms with Gasteiger partial charge in [-0.2, -0.15) is 0 Å². The summed E-state index contributed by atoms with van der Waals surface area (Å²) in [6.07, 6.45) is 1.58. The van der Waals surface area contributed by atoms with Crippen molar-refractivity contribution in [3.05, 3.63) is 106 Å². The minimum absolute atomic E-state index is 0.196. The molecule has 0 fully saturated rings. The lowest BCUT2D eigenvalue weighted by Gasteiger charge is -2.17. The molecule has 3 aromatic carbocycles. The molecule has 0 saturated carbocycles. The van der Waals surface area contributed by atoms with E-state index in [1.807, 2.05) is 78.9 Å². The Morgan fingerprint density at radius 3 is 2.08 bits per heavy atom. The summed E-state index contributed by atoms with van der Waals surface area (Å²) in [6.45, 7) is 0. The van der Waals surface area contributed by atoms with Gasteiger partial charge in [0.05, 0.1) is 13.0 Å². The van der Waals surface area contributed by atoms with Gasteiger partial charge in [0.1, 0.15) is 11.6 Å². The number of benzene rings is 3. The van der Waals surface area contributed by atoms with Gasteiger partial charge in [0, 0.05) is 4.47 Å². The van der Waals surface area contributed by atoms with Gasteiger partial charge in [-0.15, -0.1) is 0 Å². The third kappa shape index (κ3) is 4.37. The van der Waals surface area contributed by atoms with E-state index in [0.29, 0.717) is 0 Å². The van der Waals surface area contributed by atoms with Gasteiger partial charge in [0.2, 0.25) is 0 Å². The molecule has 0 aliphatic rings. The fourth-order valence-electron chi connectivity index (χ4n) is 2.75. The molecule has 1 unspecified atom stereocenters. The number of rotatable bonds is 5. The van der Waals surface area contributed by atoms with Crippen LogP contribution in [0.15, 0.2) is 89.2 Å². The molecule has 1 atom stereocenters. The maximum Gasteiger partial charge on any atom is 0.118 e. The summed E-state index contributed by atoms with van der Waals surface area (Å²) in [5.41, 5.74) is 2.64. The highest BCUT2D eigenvalue weighted by Gasteiger charge is 2.19. The van der Waals surface area contributed by atoms with Crippen molar-refractivity contribution in [3.8, 4) is 5.75 Å². The Bertz CT molecular complexity index is 839. The molecule has 0 heterocycles. The highest BCUT2D eigenvalue weighted by molar-refractivity contribution is 9.10. The summed E-state index contributed by atoms with van der Waals surface area (Å²) in [5.74, 6) is 0.125. The largest absolute Gasteiger partial charge is 0.497 e. The molecule has 0 N–H and O–H groups in total.